The Bertz CT molecular complexity index is 363. The van der Waals surface area contributed by atoms with E-state index >= 15 is 0 Å². The molecule has 0 radical (unpaired) electrons. The first kappa shape index (κ1) is 10.6. The van der Waals surface area contributed by atoms with E-state index in [1.807, 2.05) is 6.92 Å². The third-order valence-electron chi connectivity index (χ3n) is 1.85. The first-order valence-electron chi connectivity index (χ1n) is 4.58. The van der Waals surface area contributed by atoms with Crippen LogP contribution >= 0.6 is 0 Å². The molecule has 0 saturated heterocycles. The summed E-state index contributed by atoms with van der Waals surface area (Å²) in [5.41, 5.74) is 1.22. The van der Waals surface area contributed by atoms with E-state index in [9.17, 15) is 4.39 Å². The Kier molecular flexibility index (Phi) is 3.53. The van der Waals surface area contributed by atoms with Gasteiger partial charge >= 0.3 is 0 Å². The molecule has 74 valence electrons. The van der Waals surface area contributed by atoms with E-state index in [0.29, 0.717) is 17.9 Å². The van der Waals surface area contributed by atoms with Crippen LogP contribution in [0.1, 0.15) is 24.5 Å². The van der Waals surface area contributed by atoms with E-state index < -0.39 is 0 Å². The van der Waals surface area contributed by atoms with Crippen LogP contribution in [0.3, 0.4) is 0 Å². The largest absolute Gasteiger partial charge is 0.492 e. The molecule has 0 aliphatic heterocycles. The molecule has 1 rings (SSSR count). The molecule has 0 spiro atoms. The summed E-state index contributed by atoms with van der Waals surface area (Å²) in [6.45, 7) is 4.39. The van der Waals surface area contributed by atoms with E-state index in [2.05, 4.69) is 5.92 Å². The molecular weight excluding hydrogens is 179 g/mol. The van der Waals surface area contributed by atoms with E-state index in [1.54, 1.807) is 6.92 Å². The quantitative estimate of drug-likeness (QED) is 0.669. The zero-order chi connectivity index (χ0) is 10.6. The normalized spacial score (nSPS) is 9.57. The van der Waals surface area contributed by atoms with Crippen molar-refractivity contribution < 1.29 is 9.13 Å². The fourth-order valence-corrected chi connectivity index (χ4v) is 1.23. The molecule has 2 heteroatoms. The van der Waals surface area contributed by atoms with Gasteiger partial charge in [0.25, 0.3) is 0 Å². The fraction of sp³-hybridized carbons (Fsp3) is 0.333. The lowest BCUT2D eigenvalue weighted by molar-refractivity contribution is 0.314. The Hall–Kier alpha value is -1.49. The van der Waals surface area contributed by atoms with Crippen molar-refractivity contribution in [1.29, 1.82) is 0 Å². The summed E-state index contributed by atoms with van der Waals surface area (Å²) in [4.78, 5) is 0. The topological polar surface area (TPSA) is 9.23 Å². The second-order valence-electron chi connectivity index (χ2n) is 3.09. The molecule has 1 aromatic carbocycles. The molecule has 0 bridgehead atoms. The highest BCUT2D eigenvalue weighted by Crippen LogP contribution is 2.24. The molecule has 0 fully saturated rings. The van der Waals surface area contributed by atoms with Crippen molar-refractivity contribution in [3.63, 3.8) is 0 Å². The van der Waals surface area contributed by atoms with Gasteiger partial charge in [0.05, 0.1) is 12.2 Å². The van der Waals surface area contributed by atoms with Crippen LogP contribution in [0.2, 0.25) is 0 Å². The van der Waals surface area contributed by atoms with Crippen molar-refractivity contribution in [2.75, 3.05) is 6.61 Å². The standard InChI is InChI=1S/C12H13FO/c1-4-6-14-12-9(3)7-11(13)8-10(12)5-2/h2,7-8H,4,6H2,1,3H3. The Morgan fingerprint density at radius 2 is 2.21 bits per heavy atom. The van der Waals surface area contributed by atoms with Gasteiger partial charge in [0.15, 0.2) is 0 Å². The van der Waals surface area contributed by atoms with Gasteiger partial charge < -0.3 is 4.74 Å². The number of hydrogen-bond acceptors (Lipinski definition) is 1. The SMILES string of the molecule is C#Cc1cc(F)cc(C)c1OCCC. The predicted molar refractivity (Wildman–Crippen MR) is 54.9 cm³/mol. The van der Waals surface area contributed by atoms with Gasteiger partial charge in [-0.3, -0.25) is 0 Å². The van der Waals surface area contributed by atoms with Crippen LogP contribution in [0, 0.1) is 25.1 Å². The lowest BCUT2D eigenvalue weighted by Gasteiger charge is -2.10. The van der Waals surface area contributed by atoms with Gasteiger partial charge in [-0.2, -0.15) is 0 Å². The third kappa shape index (κ3) is 2.26. The van der Waals surface area contributed by atoms with Gasteiger partial charge in [0.1, 0.15) is 11.6 Å². The van der Waals surface area contributed by atoms with E-state index in [1.165, 1.54) is 12.1 Å². The first-order chi connectivity index (χ1) is 6.69. The van der Waals surface area contributed by atoms with Gasteiger partial charge in [0.2, 0.25) is 0 Å². The van der Waals surface area contributed by atoms with Crippen molar-refractivity contribution in [2.24, 2.45) is 0 Å². The molecule has 1 aromatic rings. The number of benzene rings is 1. The maximum absolute atomic E-state index is 13.0. The number of terminal acetylenes is 1. The van der Waals surface area contributed by atoms with Crippen LogP contribution < -0.4 is 4.74 Å². The lowest BCUT2D eigenvalue weighted by atomic mass is 10.1. The smallest absolute Gasteiger partial charge is 0.138 e. The second kappa shape index (κ2) is 4.66. The van der Waals surface area contributed by atoms with Gasteiger partial charge in [-0.05, 0) is 31.0 Å². The van der Waals surface area contributed by atoms with Crippen LogP contribution in [0.5, 0.6) is 5.75 Å². The average Bonchev–Trinajstić information content (AvgIpc) is 2.15. The zero-order valence-corrected chi connectivity index (χ0v) is 8.43. The van der Waals surface area contributed by atoms with Crippen LogP contribution in [-0.4, -0.2) is 6.61 Å². The summed E-state index contributed by atoms with van der Waals surface area (Å²) in [6, 6.07) is 2.74. The maximum atomic E-state index is 13.0. The summed E-state index contributed by atoms with van der Waals surface area (Å²) in [6.07, 6.45) is 6.17. The van der Waals surface area contributed by atoms with E-state index in [4.69, 9.17) is 11.2 Å². The zero-order valence-electron chi connectivity index (χ0n) is 8.43. The van der Waals surface area contributed by atoms with Crippen molar-refractivity contribution in [2.45, 2.75) is 20.3 Å². The highest BCUT2D eigenvalue weighted by molar-refractivity contribution is 5.49. The van der Waals surface area contributed by atoms with Crippen molar-refractivity contribution in [1.82, 2.24) is 0 Å². The number of ether oxygens (including phenoxy) is 1. The van der Waals surface area contributed by atoms with Crippen LogP contribution in [0.15, 0.2) is 12.1 Å². The molecule has 0 N–H and O–H groups in total. The molecule has 14 heavy (non-hydrogen) atoms. The van der Waals surface area contributed by atoms with Crippen LogP contribution in [-0.2, 0) is 0 Å². The summed E-state index contributed by atoms with van der Waals surface area (Å²) in [7, 11) is 0. The maximum Gasteiger partial charge on any atom is 0.138 e. The van der Waals surface area contributed by atoms with Crippen LogP contribution in [0.25, 0.3) is 0 Å². The molecule has 1 nitrogen and oxygen atoms in total. The third-order valence-corrected chi connectivity index (χ3v) is 1.85. The summed E-state index contributed by atoms with van der Waals surface area (Å²) in [5.74, 6) is 2.72. The van der Waals surface area contributed by atoms with E-state index in [-0.39, 0.29) is 5.82 Å². The first-order valence-corrected chi connectivity index (χ1v) is 4.58. The summed E-state index contributed by atoms with van der Waals surface area (Å²) >= 11 is 0. The fourth-order valence-electron chi connectivity index (χ4n) is 1.23. The Morgan fingerprint density at radius 1 is 1.50 bits per heavy atom. The predicted octanol–water partition coefficient (Wildman–Crippen LogP) is 2.90. The Balaban J connectivity index is 3.07. The Morgan fingerprint density at radius 3 is 2.79 bits per heavy atom. The molecule has 0 heterocycles. The molecule has 0 aliphatic rings. The van der Waals surface area contributed by atoms with Crippen molar-refractivity contribution in [3.05, 3.63) is 29.1 Å². The molecular formula is C12H13FO. The summed E-state index contributed by atoms with van der Waals surface area (Å²) in [5, 5.41) is 0. The van der Waals surface area contributed by atoms with Crippen molar-refractivity contribution in [3.8, 4) is 18.1 Å². The van der Waals surface area contributed by atoms with Crippen molar-refractivity contribution >= 4 is 0 Å². The number of rotatable bonds is 3. The molecule has 0 atom stereocenters. The molecule has 0 aliphatic carbocycles. The Labute approximate surface area is 83.9 Å². The molecule has 0 amide bonds. The summed E-state index contributed by atoms with van der Waals surface area (Å²) < 4.78 is 18.4. The van der Waals surface area contributed by atoms with Gasteiger partial charge in [-0.15, -0.1) is 6.42 Å². The average molecular weight is 192 g/mol. The molecule has 0 unspecified atom stereocenters. The van der Waals surface area contributed by atoms with Gasteiger partial charge in [0, 0.05) is 0 Å². The molecule has 0 saturated carbocycles. The monoisotopic (exact) mass is 192 g/mol. The minimum atomic E-state index is -0.320. The van der Waals surface area contributed by atoms with Crippen LogP contribution in [0.4, 0.5) is 4.39 Å². The number of hydrogen-bond donors (Lipinski definition) is 0. The highest BCUT2D eigenvalue weighted by Gasteiger charge is 2.07. The highest BCUT2D eigenvalue weighted by atomic mass is 19.1. The minimum absolute atomic E-state index is 0.320. The molecule has 0 aromatic heterocycles. The van der Waals surface area contributed by atoms with Gasteiger partial charge in [-0.1, -0.05) is 12.8 Å². The van der Waals surface area contributed by atoms with E-state index in [0.717, 1.165) is 12.0 Å². The minimum Gasteiger partial charge on any atom is -0.492 e. The second-order valence-corrected chi connectivity index (χ2v) is 3.09. The van der Waals surface area contributed by atoms with Gasteiger partial charge in [-0.25, -0.2) is 4.39 Å². The lowest BCUT2D eigenvalue weighted by Crippen LogP contribution is -2.00. The number of halogens is 1. The number of aryl methyl sites for hydroxylation is 1.